The minimum atomic E-state index is -0.811. The van der Waals surface area contributed by atoms with E-state index in [4.69, 9.17) is 9.47 Å². The number of anilines is 1. The van der Waals surface area contributed by atoms with Gasteiger partial charge in [0.2, 0.25) is 5.91 Å². The first kappa shape index (κ1) is 15.6. The fourth-order valence-electron chi connectivity index (χ4n) is 3.25. The van der Waals surface area contributed by atoms with Gasteiger partial charge in [-0.1, -0.05) is 0 Å². The molecule has 3 aliphatic rings. The maximum Gasteiger partial charge on any atom is 0.250 e. The van der Waals surface area contributed by atoms with Gasteiger partial charge >= 0.3 is 0 Å². The number of thioether (sulfide) groups is 1. The number of hydrogen-bond donors (Lipinski definition) is 1. The quantitative estimate of drug-likeness (QED) is 0.903. The van der Waals surface area contributed by atoms with Gasteiger partial charge in [0, 0.05) is 23.5 Å². The first-order valence-electron chi connectivity index (χ1n) is 8.19. The Labute approximate surface area is 144 Å². The summed E-state index contributed by atoms with van der Waals surface area (Å²) in [6.07, 6.45) is 1.98. The first-order valence-corrected chi connectivity index (χ1v) is 9.34. The number of nitrogens with zero attached hydrogens (tertiary/aromatic N) is 1. The molecule has 0 aromatic heterocycles. The van der Waals surface area contributed by atoms with Gasteiger partial charge in [-0.3, -0.25) is 9.59 Å². The van der Waals surface area contributed by atoms with E-state index in [0.29, 0.717) is 41.9 Å². The molecule has 2 heterocycles. The van der Waals surface area contributed by atoms with E-state index in [0.717, 1.165) is 12.8 Å². The second-order valence-electron chi connectivity index (χ2n) is 6.57. The van der Waals surface area contributed by atoms with E-state index < -0.39 is 5.54 Å². The Balaban J connectivity index is 1.55. The van der Waals surface area contributed by atoms with Crippen LogP contribution in [-0.2, 0) is 9.59 Å². The van der Waals surface area contributed by atoms with Crippen molar-refractivity contribution in [1.82, 2.24) is 4.90 Å². The zero-order valence-electron chi connectivity index (χ0n) is 13.5. The number of hydrogen-bond acceptors (Lipinski definition) is 5. The minimum Gasteiger partial charge on any atom is -0.486 e. The van der Waals surface area contributed by atoms with Gasteiger partial charge < -0.3 is 19.7 Å². The van der Waals surface area contributed by atoms with Crippen molar-refractivity contribution in [1.29, 1.82) is 0 Å². The van der Waals surface area contributed by atoms with Crippen LogP contribution in [0.2, 0.25) is 0 Å². The van der Waals surface area contributed by atoms with Crippen molar-refractivity contribution in [3.8, 4) is 11.5 Å². The summed E-state index contributed by atoms with van der Waals surface area (Å²) >= 11 is 1.52. The van der Waals surface area contributed by atoms with Crippen LogP contribution in [0, 0.1) is 0 Å². The molecule has 1 aromatic rings. The standard InChI is InChI=1S/C17H20N2O4S/c1-17(10-24-9-15(20)19(17)12-3-4-12)16(21)18-11-2-5-13-14(8-11)23-7-6-22-13/h2,5,8,12H,3-4,6-7,9-10H2,1H3,(H,18,21). The molecular weight excluding hydrogens is 328 g/mol. The van der Waals surface area contributed by atoms with E-state index in [1.807, 2.05) is 6.92 Å². The van der Waals surface area contributed by atoms with E-state index in [1.54, 1.807) is 23.1 Å². The Morgan fingerprint density at radius 3 is 2.79 bits per heavy atom. The molecule has 2 fully saturated rings. The fourth-order valence-corrected chi connectivity index (χ4v) is 4.34. The Kier molecular flexibility index (Phi) is 3.83. The van der Waals surface area contributed by atoms with Gasteiger partial charge in [0.1, 0.15) is 18.8 Å². The molecule has 1 unspecified atom stereocenters. The molecule has 24 heavy (non-hydrogen) atoms. The number of carbonyl (C=O) groups excluding carboxylic acids is 2. The van der Waals surface area contributed by atoms with Crippen LogP contribution in [-0.4, -0.2) is 53.0 Å². The molecule has 0 spiro atoms. The number of amides is 2. The van der Waals surface area contributed by atoms with Crippen molar-refractivity contribution in [2.24, 2.45) is 0 Å². The lowest BCUT2D eigenvalue weighted by atomic mass is 9.99. The largest absolute Gasteiger partial charge is 0.486 e. The maximum atomic E-state index is 13.0. The Bertz CT molecular complexity index is 691. The van der Waals surface area contributed by atoms with E-state index in [-0.39, 0.29) is 17.9 Å². The van der Waals surface area contributed by atoms with Gasteiger partial charge in [0.25, 0.3) is 5.91 Å². The molecule has 1 aromatic carbocycles. The second kappa shape index (κ2) is 5.88. The van der Waals surface area contributed by atoms with E-state index >= 15 is 0 Å². The molecule has 2 amide bonds. The zero-order valence-corrected chi connectivity index (χ0v) is 14.4. The number of carbonyl (C=O) groups is 2. The normalized spacial score (nSPS) is 26.2. The predicted octanol–water partition coefficient (Wildman–Crippen LogP) is 1.89. The van der Waals surface area contributed by atoms with Crippen LogP contribution in [0.3, 0.4) is 0 Å². The lowest BCUT2D eigenvalue weighted by Crippen LogP contribution is -2.62. The van der Waals surface area contributed by atoms with Gasteiger partial charge in [-0.15, -0.1) is 11.8 Å². The molecule has 0 radical (unpaired) electrons. The molecule has 4 rings (SSSR count). The van der Waals surface area contributed by atoms with E-state index in [9.17, 15) is 9.59 Å². The summed E-state index contributed by atoms with van der Waals surface area (Å²) in [7, 11) is 0. The molecule has 0 bridgehead atoms. The minimum absolute atomic E-state index is 0.0635. The smallest absolute Gasteiger partial charge is 0.250 e. The van der Waals surface area contributed by atoms with Crippen LogP contribution in [0.4, 0.5) is 5.69 Å². The maximum absolute atomic E-state index is 13.0. The van der Waals surface area contributed by atoms with Crippen molar-refractivity contribution < 1.29 is 19.1 Å². The average molecular weight is 348 g/mol. The number of benzene rings is 1. The fraction of sp³-hybridized carbons (Fsp3) is 0.529. The van der Waals surface area contributed by atoms with Crippen molar-refractivity contribution in [3.05, 3.63) is 18.2 Å². The van der Waals surface area contributed by atoms with Gasteiger partial charge in [-0.05, 0) is 31.9 Å². The summed E-state index contributed by atoms with van der Waals surface area (Å²) < 4.78 is 11.1. The van der Waals surface area contributed by atoms with Crippen LogP contribution < -0.4 is 14.8 Å². The van der Waals surface area contributed by atoms with Crippen molar-refractivity contribution in [2.45, 2.75) is 31.3 Å². The second-order valence-corrected chi connectivity index (χ2v) is 7.56. The predicted molar refractivity (Wildman–Crippen MR) is 91.7 cm³/mol. The summed E-state index contributed by atoms with van der Waals surface area (Å²) in [6, 6.07) is 5.59. The van der Waals surface area contributed by atoms with Gasteiger partial charge in [-0.25, -0.2) is 0 Å². The van der Waals surface area contributed by atoms with Crippen molar-refractivity contribution in [3.63, 3.8) is 0 Å². The average Bonchev–Trinajstić information content (AvgIpc) is 3.39. The summed E-state index contributed by atoms with van der Waals surface area (Å²) in [5.41, 5.74) is -0.154. The van der Waals surface area contributed by atoms with Crippen LogP contribution in [0.1, 0.15) is 19.8 Å². The SMILES string of the molecule is CC1(C(=O)Nc2ccc3c(c2)OCCO3)CSCC(=O)N1C1CC1. The summed E-state index contributed by atoms with van der Waals surface area (Å²) in [5, 5.41) is 2.95. The summed E-state index contributed by atoms with van der Waals surface area (Å²) in [5.74, 6) is 2.32. The monoisotopic (exact) mass is 348 g/mol. The highest BCUT2D eigenvalue weighted by Gasteiger charge is 2.50. The van der Waals surface area contributed by atoms with Gasteiger partial charge in [0.15, 0.2) is 11.5 Å². The molecule has 7 heteroatoms. The molecule has 128 valence electrons. The van der Waals surface area contributed by atoms with Gasteiger partial charge in [0.05, 0.1) is 5.75 Å². The Morgan fingerprint density at radius 2 is 2.04 bits per heavy atom. The number of nitrogens with one attached hydrogen (secondary N) is 1. The Hall–Kier alpha value is -1.89. The van der Waals surface area contributed by atoms with Crippen LogP contribution in [0.5, 0.6) is 11.5 Å². The number of fused-ring (bicyclic) bond motifs is 1. The molecular formula is C17H20N2O4S. The third-order valence-corrected chi connectivity index (χ3v) is 5.83. The number of rotatable bonds is 3. The number of ether oxygens (including phenoxy) is 2. The molecule has 1 saturated carbocycles. The Morgan fingerprint density at radius 1 is 1.29 bits per heavy atom. The lowest BCUT2D eigenvalue weighted by molar-refractivity contribution is -0.142. The van der Waals surface area contributed by atoms with Gasteiger partial charge in [-0.2, -0.15) is 0 Å². The third-order valence-electron chi connectivity index (χ3n) is 4.61. The van der Waals surface area contributed by atoms with Crippen LogP contribution >= 0.6 is 11.8 Å². The van der Waals surface area contributed by atoms with Crippen molar-refractivity contribution in [2.75, 3.05) is 30.0 Å². The molecule has 1 saturated heterocycles. The lowest BCUT2D eigenvalue weighted by Gasteiger charge is -2.43. The molecule has 1 atom stereocenters. The molecule has 1 N–H and O–H groups in total. The highest BCUT2D eigenvalue weighted by atomic mass is 32.2. The molecule has 1 aliphatic carbocycles. The summed E-state index contributed by atoms with van der Waals surface area (Å²) in [6.45, 7) is 2.90. The molecule has 2 aliphatic heterocycles. The van der Waals surface area contributed by atoms with E-state index in [1.165, 1.54) is 11.8 Å². The first-order chi connectivity index (χ1) is 11.6. The van der Waals surface area contributed by atoms with E-state index in [2.05, 4.69) is 5.32 Å². The highest BCUT2D eigenvalue weighted by Crippen LogP contribution is 2.39. The highest BCUT2D eigenvalue weighted by molar-refractivity contribution is 8.00. The van der Waals surface area contributed by atoms with Crippen molar-refractivity contribution >= 4 is 29.3 Å². The van der Waals surface area contributed by atoms with Crippen LogP contribution in [0.25, 0.3) is 0 Å². The topological polar surface area (TPSA) is 67.9 Å². The summed E-state index contributed by atoms with van der Waals surface area (Å²) in [4.78, 5) is 27.1. The molecule has 6 nitrogen and oxygen atoms in total. The zero-order chi connectivity index (χ0) is 16.7. The van der Waals surface area contributed by atoms with Crippen LogP contribution in [0.15, 0.2) is 18.2 Å². The third kappa shape index (κ3) is 2.70.